The molecule has 0 aliphatic rings. The van der Waals surface area contributed by atoms with Crippen molar-refractivity contribution in [2.24, 2.45) is 7.05 Å². The Labute approximate surface area is 106 Å². The summed E-state index contributed by atoms with van der Waals surface area (Å²) < 4.78 is 8.20. The van der Waals surface area contributed by atoms with Gasteiger partial charge >= 0.3 is 12.0 Å². The van der Waals surface area contributed by atoms with Crippen LogP contribution in [0, 0.1) is 0 Å². The number of carbonyl (C=O) groups is 1. The number of rotatable bonds is 3. The highest BCUT2D eigenvalue weighted by Gasteiger charge is 2.21. The molecule has 0 atom stereocenters. The first kappa shape index (κ1) is 11.2. The molecule has 3 aromatic heterocycles. The third-order valence-corrected chi connectivity index (χ3v) is 2.47. The first-order valence-corrected chi connectivity index (χ1v) is 5.39. The number of carboxylic acids is 1. The van der Waals surface area contributed by atoms with E-state index in [4.69, 9.17) is 4.74 Å². The van der Waals surface area contributed by atoms with Crippen LogP contribution in [0.5, 0.6) is 11.9 Å². The largest absolute Gasteiger partial charge is 0.476 e. The lowest BCUT2D eigenvalue weighted by Gasteiger charge is -1.98. The standard InChI is InChI=1S/C11H9N5O3/c1-15-6-12-11(14-15)19-9-8(10(17)18)16-5-3-2-4-7(16)13-9/h2-6H,1H3,(H,17,18). The molecule has 0 aliphatic heterocycles. The van der Waals surface area contributed by atoms with Crippen LogP contribution in [0.4, 0.5) is 0 Å². The van der Waals surface area contributed by atoms with Crippen molar-refractivity contribution < 1.29 is 14.6 Å². The average Bonchev–Trinajstić information content (AvgIpc) is 2.92. The van der Waals surface area contributed by atoms with Gasteiger partial charge in [0.15, 0.2) is 5.69 Å². The molecule has 1 N–H and O–H groups in total. The second-order valence-electron chi connectivity index (χ2n) is 3.80. The Morgan fingerprint density at radius 1 is 1.42 bits per heavy atom. The summed E-state index contributed by atoms with van der Waals surface area (Å²) in [6, 6.07) is 5.21. The lowest BCUT2D eigenvalue weighted by atomic mass is 10.4. The Morgan fingerprint density at radius 2 is 2.26 bits per heavy atom. The van der Waals surface area contributed by atoms with Gasteiger partial charge in [-0.2, -0.15) is 9.97 Å². The van der Waals surface area contributed by atoms with Gasteiger partial charge in [0.1, 0.15) is 12.0 Å². The number of aryl methyl sites for hydroxylation is 1. The van der Waals surface area contributed by atoms with Crippen LogP contribution in [0.2, 0.25) is 0 Å². The number of nitrogens with zero attached hydrogens (tertiary/aromatic N) is 5. The maximum Gasteiger partial charge on any atom is 0.358 e. The zero-order valence-electron chi connectivity index (χ0n) is 9.89. The number of hydrogen-bond acceptors (Lipinski definition) is 5. The number of ether oxygens (including phenoxy) is 1. The molecule has 8 nitrogen and oxygen atoms in total. The summed E-state index contributed by atoms with van der Waals surface area (Å²) in [7, 11) is 1.68. The van der Waals surface area contributed by atoms with E-state index in [9.17, 15) is 9.90 Å². The highest BCUT2D eigenvalue weighted by Crippen LogP contribution is 2.23. The number of imidazole rings is 1. The molecule has 0 saturated heterocycles. The lowest BCUT2D eigenvalue weighted by Crippen LogP contribution is -2.03. The van der Waals surface area contributed by atoms with Gasteiger partial charge in [0.2, 0.25) is 0 Å². The Kier molecular flexibility index (Phi) is 2.41. The van der Waals surface area contributed by atoms with Crippen molar-refractivity contribution in [2.75, 3.05) is 0 Å². The Balaban J connectivity index is 2.12. The topological polar surface area (TPSA) is 94.5 Å². The highest BCUT2D eigenvalue weighted by molar-refractivity contribution is 5.89. The number of aromatic carboxylic acids is 1. The normalized spacial score (nSPS) is 10.8. The van der Waals surface area contributed by atoms with E-state index in [1.165, 1.54) is 15.4 Å². The van der Waals surface area contributed by atoms with E-state index in [0.29, 0.717) is 5.65 Å². The minimum absolute atomic E-state index is 0.0371. The van der Waals surface area contributed by atoms with E-state index in [2.05, 4.69) is 15.1 Å². The Morgan fingerprint density at radius 3 is 2.95 bits per heavy atom. The number of pyridine rings is 1. The molecule has 0 bridgehead atoms. The number of aromatic nitrogens is 5. The fraction of sp³-hybridized carbons (Fsp3) is 0.0909. The van der Waals surface area contributed by atoms with Gasteiger partial charge in [-0.3, -0.25) is 9.08 Å². The third-order valence-electron chi connectivity index (χ3n) is 2.47. The lowest BCUT2D eigenvalue weighted by molar-refractivity contribution is 0.0686. The molecular weight excluding hydrogens is 250 g/mol. The van der Waals surface area contributed by atoms with Crippen LogP contribution >= 0.6 is 0 Å². The van der Waals surface area contributed by atoms with Crippen LogP contribution in [0.3, 0.4) is 0 Å². The number of fused-ring (bicyclic) bond motifs is 1. The second-order valence-corrected chi connectivity index (χ2v) is 3.80. The SMILES string of the molecule is Cn1cnc(Oc2nc3ccccn3c2C(=O)O)n1. The summed E-state index contributed by atoms with van der Waals surface area (Å²) in [6.07, 6.45) is 3.05. The number of carboxylic acid groups (broad SMARTS) is 1. The van der Waals surface area contributed by atoms with Crippen molar-refractivity contribution in [3.05, 3.63) is 36.4 Å². The van der Waals surface area contributed by atoms with E-state index in [1.807, 2.05) is 0 Å². The minimum Gasteiger partial charge on any atom is -0.476 e. The predicted octanol–water partition coefficient (Wildman–Crippen LogP) is 0.953. The quantitative estimate of drug-likeness (QED) is 0.752. The summed E-state index contributed by atoms with van der Waals surface area (Å²) in [4.78, 5) is 19.3. The molecule has 96 valence electrons. The third kappa shape index (κ3) is 1.88. The summed E-state index contributed by atoms with van der Waals surface area (Å²) in [6.45, 7) is 0. The van der Waals surface area contributed by atoms with E-state index in [1.54, 1.807) is 31.4 Å². The molecule has 0 fully saturated rings. The van der Waals surface area contributed by atoms with E-state index in [0.717, 1.165) is 0 Å². The van der Waals surface area contributed by atoms with Crippen LogP contribution in [0.25, 0.3) is 5.65 Å². The van der Waals surface area contributed by atoms with Crippen LogP contribution < -0.4 is 4.74 Å². The van der Waals surface area contributed by atoms with Crippen molar-refractivity contribution >= 4 is 11.6 Å². The Hall–Kier alpha value is -2.90. The molecule has 3 heterocycles. The van der Waals surface area contributed by atoms with Gasteiger partial charge in [0.25, 0.3) is 5.88 Å². The van der Waals surface area contributed by atoms with E-state index in [-0.39, 0.29) is 17.6 Å². The zero-order valence-corrected chi connectivity index (χ0v) is 9.89. The predicted molar refractivity (Wildman–Crippen MR) is 63.2 cm³/mol. The van der Waals surface area contributed by atoms with E-state index < -0.39 is 5.97 Å². The molecule has 3 rings (SSSR count). The maximum absolute atomic E-state index is 11.3. The van der Waals surface area contributed by atoms with Gasteiger partial charge in [0, 0.05) is 13.2 Å². The molecule has 8 heteroatoms. The van der Waals surface area contributed by atoms with Crippen molar-refractivity contribution in [3.63, 3.8) is 0 Å². The fourth-order valence-corrected chi connectivity index (χ4v) is 1.69. The first-order chi connectivity index (χ1) is 9.15. The van der Waals surface area contributed by atoms with Crippen LogP contribution in [-0.4, -0.2) is 35.2 Å². The monoisotopic (exact) mass is 259 g/mol. The number of hydrogen-bond donors (Lipinski definition) is 1. The molecule has 0 spiro atoms. The zero-order chi connectivity index (χ0) is 13.4. The second kappa shape index (κ2) is 4.09. The first-order valence-electron chi connectivity index (χ1n) is 5.39. The molecule has 0 saturated carbocycles. The van der Waals surface area contributed by atoms with Crippen molar-refractivity contribution in [3.8, 4) is 11.9 Å². The van der Waals surface area contributed by atoms with Gasteiger partial charge in [-0.25, -0.2) is 4.79 Å². The minimum atomic E-state index is -1.13. The average molecular weight is 259 g/mol. The molecule has 0 aliphatic carbocycles. The van der Waals surface area contributed by atoms with Gasteiger partial charge in [0.05, 0.1) is 0 Å². The fourth-order valence-electron chi connectivity index (χ4n) is 1.69. The summed E-state index contributed by atoms with van der Waals surface area (Å²) in [5.41, 5.74) is 0.411. The maximum atomic E-state index is 11.3. The van der Waals surface area contributed by atoms with E-state index >= 15 is 0 Å². The van der Waals surface area contributed by atoms with Gasteiger partial charge in [-0.15, -0.1) is 5.10 Å². The van der Waals surface area contributed by atoms with Crippen molar-refractivity contribution in [1.29, 1.82) is 0 Å². The summed E-state index contributed by atoms with van der Waals surface area (Å²) in [5.74, 6) is -1.17. The Bertz CT molecular complexity index is 761. The molecule has 19 heavy (non-hydrogen) atoms. The molecular formula is C11H9N5O3. The van der Waals surface area contributed by atoms with Gasteiger partial charge in [-0.1, -0.05) is 6.07 Å². The summed E-state index contributed by atoms with van der Waals surface area (Å²) >= 11 is 0. The highest BCUT2D eigenvalue weighted by atomic mass is 16.5. The van der Waals surface area contributed by atoms with Crippen molar-refractivity contribution in [2.45, 2.75) is 0 Å². The molecule has 3 aromatic rings. The van der Waals surface area contributed by atoms with Gasteiger partial charge < -0.3 is 9.84 Å². The van der Waals surface area contributed by atoms with Crippen molar-refractivity contribution in [1.82, 2.24) is 24.1 Å². The molecule has 0 radical (unpaired) electrons. The van der Waals surface area contributed by atoms with Gasteiger partial charge in [-0.05, 0) is 12.1 Å². The smallest absolute Gasteiger partial charge is 0.358 e. The van der Waals surface area contributed by atoms with Crippen LogP contribution in [-0.2, 0) is 7.05 Å². The summed E-state index contributed by atoms with van der Waals surface area (Å²) in [5, 5.41) is 13.2. The van der Waals surface area contributed by atoms with Crippen LogP contribution in [0.15, 0.2) is 30.7 Å². The molecule has 0 unspecified atom stereocenters. The van der Waals surface area contributed by atoms with Crippen LogP contribution in [0.1, 0.15) is 10.5 Å². The molecule has 0 aromatic carbocycles. The molecule has 0 amide bonds.